The number of unbranched alkanes of at least 4 members (excludes halogenated alkanes) is 48. The van der Waals surface area contributed by atoms with Gasteiger partial charge in [-0.05, 0) is 102 Å². The number of allylic oxidation sites excluding steroid dienone is 2. The van der Waals surface area contributed by atoms with Crippen molar-refractivity contribution in [3.8, 4) is 0 Å². The van der Waals surface area contributed by atoms with E-state index in [0.29, 0.717) is 0 Å². The molecule has 508 valence electrons. The highest BCUT2D eigenvalue weighted by atomic mass is 16.8. The first-order valence-electron chi connectivity index (χ1n) is 38.8. The number of rotatable bonds is 76. The van der Waals surface area contributed by atoms with Crippen molar-refractivity contribution in [2.75, 3.05) is 39.6 Å². The van der Waals surface area contributed by atoms with Crippen molar-refractivity contribution in [1.29, 1.82) is 0 Å². The van der Waals surface area contributed by atoms with E-state index in [1.54, 1.807) is 0 Å². The van der Waals surface area contributed by atoms with Gasteiger partial charge in [-0.1, -0.05) is 336 Å². The molecule has 2 atom stereocenters. The standard InChI is InChI=1S/C78H154O7/c1-7-13-19-25-27-43-53-63-73-83-77(67-57-47-41-37-33-29-31-35-39-45-55-65-75(79-69-59-49-21-15-9-3)80-70-60-50-22-16-10-4)85-78(84-74-64-54-44-28-26-20-14-8-2)68-58-48-42-38-34-30-32-36-40-46-56-66-76(81-71-61-51-23-17-11-5)82-72-62-52-24-18-12-6/h57-58,67-68,75-78H,7-56,59-66,69-74H2,1-6H3. The maximum absolute atomic E-state index is 6.71. The van der Waals surface area contributed by atoms with Gasteiger partial charge >= 0.3 is 0 Å². The van der Waals surface area contributed by atoms with Gasteiger partial charge in [-0.15, -0.1) is 0 Å². The molecule has 0 aromatic carbocycles. The van der Waals surface area contributed by atoms with Gasteiger partial charge < -0.3 is 33.2 Å². The fourth-order valence-electron chi connectivity index (χ4n) is 11.4. The van der Waals surface area contributed by atoms with Crippen LogP contribution in [0.3, 0.4) is 0 Å². The number of hydrogen-bond acceptors (Lipinski definition) is 7. The Labute approximate surface area is 533 Å². The van der Waals surface area contributed by atoms with E-state index in [2.05, 4.69) is 65.8 Å². The largest absolute Gasteiger partial charge is 0.353 e. The molecule has 0 aromatic rings. The average Bonchev–Trinajstić information content (AvgIpc) is 3.52. The summed E-state index contributed by atoms with van der Waals surface area (Å²) >= 11 is 0. The molecule has 0 amide bonds. The quantitative estimate of drug-likeness (QED) is 0.0341. The Hall–Kier alpha value is -0.800. The van der Waals surface area contributed by atoms with Crippen molar-refractivity contribution in [3.63, 3.8) is 0 Å². The fraction of sp³-hybridized carbons (Fsp3) is 0.949. The second-order valence-electron chi connectivity index (χ2n) is 25.9. The Kier molecular flexibility index (Phi) is 74.9. The second kappa shape index (κ2) is 75.7. The molecule has 0 saturated heterocycles. The summed E-state index contributed by atoms with van der Waals surface area (Å²) in [5.41, 5.74) is 0. The van der Waals surface area contributed by atoms with Crippen molar-refractivity contribution < 1.29 is 33.2 Å². The molecule has 0 fully saturated rings. The molecule has 0 aliphatic heterocycles. The fourth-order valence-corrected chi connectivity index (χ4v) is 11.4. The van der Waals surface area contributed by atoms with E-state index < -0.39 is 0 Å². The first-order chi connectivity index (χ1) is 42.1. The molecule has 0 rings (SSSR count). The lowest BCUT2D eigenvalue weighted by Gasteiger charge is -2.22. The topological polar surface area (TPSA) is 64.6 Å². The SMILES string of the molecule is CCCCCCCCCCOC(C=CCCCCCCCCCCCC(OCCCCCCC)OCCCCCCC)OC(C=CCCCCCCCCCCCC(OCCCCCCC)OCCCCCCC)OCCCCCCCCCC. The highest BCUT2D eigenvalue weighted by Crippen LogP contribution is 2.20. The third kappa shape index (κ3) is 68.9. The van der Waals surface area contributed by atoms with Crippen molar-refractivity contribution in [2.45, 2.75) is 439 Å². The molecule has 0 bridgehead atoms. The van der Waals surface area contributed by atoms with Gasteiger partial charge in [0.05, 0.1) is 13.2 Å². The van der Waals surface area contributed by atoms with Crippen LogP contribution in [0.5, 0.6) is 0 Å². The summed E-state index contributed by atoms with van der Waals surface area (Å²) in [4.78, 5) is 0. The summed E-state index contributed by atoms with van der Waals surface area (Å²) < 4.78 is 44.8. The van der Waals surface area contributed by atoms with Crippen LogP contribution in [0.2, 0.25) is 0 Å². The highest BCUT2D eigenvalue weighted by molar-refractivity contribution is 4.90. The van der Waals surface area contributed by atoms with Crippen molar-refractivity contribution in [2.24, 2.45) is 0 Å². The molecule has 0 radical (unpaired) electrons. The Morgan fingerprint density at radius 3 is 0.624 bits per heavy atom. The summed E-state index contributed by atoms with van der Waals surface area (Å²) in [5, 5.41) is 0. The van der Waals surface area contributed by atoms with E-state index in [-0.39, 0.29) is 25.2 Å². The summed E-state index contributed by atoms with van der Waals surface area (Å²) in [6.45, 7) is 18.6. The van der Waals surface area contributed by atoms with Crippen molar-refractivity contribution >= 4 is 0 Å². The molecule has 0 N–H and O–H groups in total. The van der Waals surface area contributed by atoms with E-state index in [1.165, 1.54) is 334 Å². The van der Waals surface area contributed by atoms with Crippen LogP contribution in [0.25, 0.3) is 0 Å². The molecule has 0 aliphatic rings. The predicted octanol–water partition coefficient (Wildman–Crippen LogP) is 26.3. The lowest BCUT2D eigenvalue weighted by Crippen LogP contribution is -2.25. The number of ether oxygens (including phenoxy) is 7. The third-order valence-electron chi connectivity index (χ3n) is 17.2. The second-order valence-corrected chi connectivity index (χ2v) is 25.9. The molecule has 7 nitrogen and oxygen atoms in total. The van der Waals surface area contributed by atoms with Crippen LogP contribution in [0.4, 0.5) is 0 Å². The summed E-state index contributed by atoms with van der Waals surface area (Å²) in [7, 11) is 0. The van der Waals surface area contributed by atoms with Gasteiger partial charge in [0.15, 0.2) is 25.2 Å². The third-order valence-corrected chi connectivity index (χ3v) is 17.2. The van der Waals surface area contributed by atoms with Gasteiger partial charge in [-0.2, -0.15) is 0 Å². The Morgan fingerprint density at radius 2 is 0.388 bits per heavy atom. The van der Waals surface area contributed by atoms with Crippen LogP contribution >= 0.6 is 0 Å². The minimum absolute atomic E-state index is 0.00610. The number of hydrogen-bond donors (Lipinski definition) is 0. The molecule has 85 heavy (non-hydrogen) atoms. The zero-order valence-electron chi connectivity index (χ0n) is 58.7. The van der Waals surface area contributed by atoms with E-state index in [1.807, 2.05) is 0 Å². The smallest absolute Gasteiger partial charge is 0.180 e. The normalized spacial score (nSPS) is 12.9. The summed E-state index contributed by atoms with van der Waals surface area (Å²) in [6.07, 6.45) is 82.4. The van der Waals surface area contributed by atoms with Gasteiger partial charge in [0.25, 0.3) is 0 Å². The van der Waals surface area contributed by atoms with E-state index in [4.69, 9.17) is 33.2 Å². The Balaban J connectivity index is 5.04. The maximum Gasteiger partial charge on any atom is 0.180 e. The van der Waals surface area contributed by atoms with Crippen LogP contribution < -0.4 is 0 Å². The maximum atomic E-state index is 6.71. The molecule has 2 unspecified atom stereocenters. The zero-order valence-corrected chi connectivity index (χ0v) is 58.7. The summed E-state index contributed by atoms with van der Waals surface area (Å²) in [5.74, 6) is 0. The van der Waals surface area contributed by atoms with Gasteiger partial charge in [0, 0.05) is 26.4 Å². The minimum Gasteiger partial charge on any atom is -0.353 e. The van der Waals surface area contributed by atoms with Crippen LogP contribution in [0.15, 0.2) is 24.3 Å². The minimum atomic E-state index is -0.379. The van der Waals surface area contributed by atoms with Crippen molar-refractivity contribution in [1.82, 2.24) is 0 Å². The Morgan fingerprint density at radius 1 is 0.200 bits per heavy atom. The van der Waals surface area contributed by atoms with Gasteiger partial charge in [0.1, 0.15) is 0 Å². The predicted molar refractivity (Wildman–Crippen MR) is 372 cm³/mol. The van der Waals surface area contributed by atoms with Gasteiger partial charge in [-0.25, -0.2) is 0 Å². The van der Waals surface area contributed by atoms with Gasteiger partial charge in [-0.3, -0.25) is 0 Å². The van der Waals surface area contributed by atoms with Crippen LogP contribution in [0.1, 0.15) is 414 Å². The van der Waals surface area contributed by atoms with Gasteiger partial charge in [0.2, 0.25) is 0 Å². The van der Waals surface area contributed by atoms with Crippen LogP contribution in [-0.4, -0.2) is 64.8 Å². The Bertz CT molecular complexity index is 1120. The average molecular weight is 1200 g/mol. The zero-order chi connectivity index (χ0) is 61.3. The summed E-state index contributed by atoms with van der Waals surface area (Å²) in [6, 6.07) is 0. The van der Waals surface area contributed by atoms with E-state index in [0.717, 1.165) is 78.2 Å². The van der Waals surface area contributed by atoms with Crippen LogP contribution in [-0.2, 0) is 33.2 Å². The highest BCUT2D eigenvalue weighted by Gasteiger charge is 2.15. The molecule has 0 heterocycles. The molecular formula is C78H154O7. The molecule has 7 heteroatoms. The first kappa shape index (κ1) is 84.2. The first-order valence-corrected chi connectivity index (χ1v) is 38.8. The van der Waals surface area contributed by atoms with Crippen molar-refractivity contribution in [3.05, 3.63) is 24.3 Å². The lowest BCUT2D eigenvalue weighted by atomic mass is 10.1. The monoisotopic (exact) mass is 1200 g/mol. The molecular weight excluding hydrogens is 1050 g/mol. The lowest BCUT2D eigenvalue weighted by molar-refractivity contribution is -0.208. The van der Waals surface area contributed by atoms with Crippen LogP contribution in [0, 0.1) is 0 Å². The molecule has 0 spiro atoms. The van der Waals surface area contributed by atoms with E-state index >= 15 is 0 Å². The molecule has 0 saturated carbocycles. The molecule has 0 aromatic heterocycles. The van der Waals surface area contributed by atoms with E-state index in [9.17, 15) is 0 Å². The molecule has 0 aliphatic carbocycles.